The van der Waals surface area contributed by atoms with Gasteiger partial charge in [-0.1, -0.05) is 36.7 Å². The minimum Gasteiger partial charge on any atom is -0.371 e. The quantitative estimate of drug-likeness (QED) is 0.908. The zero-order chi connectivity index (χ0) is 14.0. The van der Waals surface area contributed by atoms with Crippen LogP contribution in [-0.2, 0) is 6.42 Å². The average molecular weight is 325 g/mol. The molecule has 0 aromatic heterocycles. The van der Waals surface area contributed by atoms with Crippen molar-refractivity contribution in [3.05, 3.63) is 28.2 Å². The van der Waals surface area contributed by atoms with Gasteiger partial charge in [0.2, 0.25) is 0 Å². The zero-order valence-corrected chi connectivity index (χ0v) is 13.8. The molecular weight excluding hydrogens is 300 g/mol. The molecular formula is C16H25BrN2. The average Bonchev–Trinajstić information content (AvgIpc) is 2.69. The van der Waals surface area contributed by atoms with Crippen molar-refractivity contribution in [3.8, 4) is 0 Å². The molecule has 0 radical (unpaired) electrons. The van der Waals surface area contributed by atoms with Gasteiger partial charge in [0.25, 0.3) is 0 Å². The van der Waals surface area contributed by atoms with E-state index in [0.717, 1.165) is 30.4 Å². The molecule has 2 nitrogen and oxygen atoms in total. The Labute approximate surface area is 125 Å². The third kappa shape index (κ3) is 3.73. The normalized spacial score (nSPS) is 19.7. The number of nitrogens with zero attached hydrogens (tertiary/aromatic N) is 1. The smallest absolute Gasteiger partial charge is 0.0400 e. The molecule has 1 fully saturated rings. The van der Waals surface area contributed by atoms with Crippen LogP contribution in [0.5, 0.6) is 0 Å². The second-order valence-electron chi connectivity index (χ2n) is 6.48. The molecule has 1 saturated heterocycles. The van der Waals surface area contributed by atoms with Gasteiger partial charge < -0.3 is 10.6 Å². The van der Waals surface area contributed by atoms with Gasteiger partial charge in [-0.3, -0.25) is 0 Å². The number of nitrogens with two attached hydrogens (primary N) is 1. The Hall–Kier alpha value is -0.540. The molecule has 0 aliphatic carbocycles. The van der Waals surface area contributed by atoms with Crippen LogP contribution in [0.2, 0.25) is 0 Å². The summed E-state index contributed by atoms with van der Waals surface area (Å²) in [5.74, 6) is 0. The van der Waals surface area contributed by atoms with E-state index in [1.807, 2.05) is 0 Å². The topological polar surface area (TPSA) is 29.3 Å². The summed E-state index contributed by atoms with van der Waals surface area (Å²) >= 11 is 3.58. The van der Waals surface area contributed by atoms with Gasteiger partial charge in [-0.05, 0) is 48.4 Å². The van der Waals surface area contributed by atoms with E-state index in [-0.39, 0.29) is 6.04 Å². The van der Waals surface area contributed by atoms with Crippen molar-refractivity contribution in [2.45, 2.75) is 46.1 Å². The van der Waals surface area contributed by atoms with Crippen molar-refractivity contribution in [2.24, 2.45) is 11.1 Å². The molecule has 1 heterocycles. The number of benzene rings is 1. The fourth-order valence-electron chi connectivity index (χ4n) is 2.77. The van der Waals surface area contributed by atoms with E-state index in [0.29, 0.717) is 5.41 Å². The molecule has 0 saturated carbocycles. The van der Waals surface area contributed by atoms with Crippen LogP contribution in [0, 0.1) is 5.41 Å². The minimum absolute atomic E-state index is 0.253. The van der Waals surface area contributed by atoms with Gasteiger partial charge >= 0.3 is 0 Å². The van der Waals surface area contributed by atoms with E-state index in [2.05, 4.69) is 59.8 Å². The Kier molecular flexibility index (Phi) is 4.57. The second-order valence-corrected chi connectivity index (χ2v) is 7.40. The zero-order valence-electron chi connectivity index (χ0n) is 12.2. The van der Waals surface area contributed by atoms with Crippen molar-refractivity contribution < 1.29 is 0 Å². The lowest BCUT2D eigenvalue weighted by molar-refractivity contribution is 0.418. The molecule has 106 valence electrons. The summed E-state index contributed by atoms with van der Waals surface area (Å²) in [6.45, 7) is 9.15. The molecule has 0 amide bonds. The summed E-state index contributed by atoms with van der Waals surface area (Å²) in [6, 6.07) is 6.87. The summed E-state index contributed by atoms with van der Waals surface area (Å²) in [7, 11) is 0. The summed E-state index contributed by atoms with van der Waals surface area (Å²) in [5, 5.41) is 0. The monoisotopic (exact) mass is 324 g/mol. The fourth-order valence-corrected chi connectivity index (χ4v) is 3.18. The van der Waals surface area contributed by atoms with Gasteiger partial charge in [-0.25, -0.2) is 0 Å². The molecule has 1 aliphatic heterocycles. The van der Waals surface area contributed by atoms with Gasteiger partial charge in [0.05, 0.1) is 0 Å². The molecule has 1 aliphatic rings. The van der Waals surface area contributed by atoms with Crippen LogP contribution in [0.25, 0.3) is 0 Å². The summed E-state index contributed by atoms with van der Waals surface area (Å²) < 4.78 is 1.15. The number of hydrogen-bond donors (Lipinski definition) is 1. The Morgan fingerprint density at radius 2 is 2.16 bits per heavy atom. The summed E-state index contributed by atoms with van der Waals surface area (Å²) in [6.07, 6.45) is 3.25. The molecule has 1 aromatic rings. The van der Waals surface area contributed by atoms with E-state index in [1.54, 1.807) is 0 Å². The van der Waals surface area contributed by atoms with Crippen LogP contribution >= 0.6 is 15.9 Å². The van der Waals surface area contributed by atoms with Crippen molar-refractivity contribution in [1.82, 2.24) is 0 Å². The van der Waals surface area contributed by atoms with Gasteiger partial charge in [0, 0.05) is 29.3 Å². The van der Waals surface area contributed by atoms with E-state index in [9.17, 15) is 0 Å². The molecule has 2 N–H and O–H groups in total. The van der Waals surface area contributed by atoms with E-state index < -0.39 is 0 Å². The second kappa shape index (κ2) is 5.84. The highest BCUT2D eigenvalue weighted by Gasteiger charge is 2.30. The van der Waals surface area contributed by atoms with Crippen LogP contribution in [0.1, 0.15) is 39.2 Å². The van der Waals surface area contributed by atoms with Crippen LogP contribution in [-0.4, -0.2) is 19.1 Å². The largest absolute Gasteiger partial charge is 0.371 e. The lowest BCUT2D eigenvalue weighted by Gasteiger charge is -2.25. The first-order valence-corrected chi connectivity index (χ1v) is 7.99. The minimum atomic E-state index is 0.253. The Bertz CT molecular complexity index is 442. The first kappa shape index (κ1) is 14.9. The van der Waals surface area contributed by atoms with Crippen molar-refractivity contribution in [1.29, 1.82) is 0 Å². The maximum Gasteiger partial charge on any atom is 0.0400 e. The predicted molar refractivity (Wildman–Crippen MR) is 86.7 cm³/mol. The molecule has 1 unspecified atom stereocenters. The van der Waals surface area contributed by atoms with Gasteiger partial charge in [0.1, 0.15) is 0 Å². The molecule has 2 rings (SSSR count). The van der Waals surface area contributed by atoms with Gasteiger partial charge in [-0.15, -0.1) is 0 Å². The number of halogens is 1. The van der Waals surface area contributed by atoms with E-state index in [1.165, 1.54) is 17.7 Å². The summed E-state index contributed by atoms with van der Waals surface area (Å²) in [4.78, 5) is 2.52. The summed E-state index contributed by atoms with van der Waals surface area (Å²) in [5.41, 5.74) is 9.32. The van der Waals surface area contributed by atoms with Crippen molar-refractivity contribution >= 4 is 21.6 Å². The Balaban J connectivity index is 2.24. The van der Waals surface area contributed by atoms with Crippen LogP contribution in [0.15, 0.2) is 22.7 Å². The van der Waals surface area contributed by atoms with Crippen LogP contribution < -0.4 is 10.6 Å². The molecule has 1 aromatic carbocycles. The van der Waals surface area contributed by atoms with Crippen molar-refractivity contribution in [3.63, 3.8) is 0 Å². The van der Waals surface area contributed by atoms with Crippen molar-refractivity contribution in [2.75, 3.05) is 18.0 Å². The standard InChI is InChI=1S/C16H25BrN2/c1-4-14(18)10-12-9-13(17)5-6-15(12)19-8-7-16(2,3)11-19/h5-6,9,14H,4,7-8,10-11,18H2,1-3H3. The van der Waals surface area contributed by atoms with Crippen LogP contribution in [0.3, 0.4) is 0 Å². The molecule has 3 heteroatoms. The highest BCUT2D eigenvalue weighted by Crippen LogP contribution is 2.35. The first-order valence-electron chi connectivity index (χ1n) is 7.20. The Morgan fingerprint density at radius 3 is 2.74 bits per heavy atom. The van der Waals surface area contributed by atoms with E-state index in [4.69, 9.17) is 5.73 Å². The van der Waals surface area contributed by atoms with Gasteiger partial charge in [0.15, 0.2) is 0 Å². The molecule has 1 atom stereocenters. The van der Waals surface area contributed by atoms with Gasteiger partial charge in [-0.2, -0.15) is 0 Å². The maximum atomic E-state index is 6.14. The molecule has 0 spiro atoms. The highest BCUT2D eigenvalue weighted by molar-refractivity contribution is 9.10. The highest BCUT2D eigenvalue weighted by atomic mass is 79.9. The third-order valence-electron chi connectivity index (χ3n) is 4.07. The lowest BCUT2D eigenvalue weighted by Crippen LogP contribution is -2.26. The number of rotatable bonds is 4. The lowest BCUT2D eigenvalue weighted by atomic mass is 9.93. The SMILES string of the molecule is CCC(N)Cc1cc(Br)ccc1N1CCC(C)(C)C1. The third-order valence-corrected chi connectivity index (χ3v) is 4.56. The van der Waals surface area contributed by atoms with Crippen LogP contribution in [0.4, 0.5) is 5.69 Å². The molecule has 0 bridgehead atoms. The molecule has 19 heavy (non-hydrogen) atoms. The number of anilines is 1. The fraction of sp³-hybridized carbons (Fsp3) is 0.625. The predicted octanol–water partition coefficient (Wildman–Crippen LogP) is 3.97. The van der Waals surface area contributed by atoms with E-state index >= 15 is 0 Å². The maximum absolute atomic E-state index is 6.14. The Morgan fingerprint density at radius 1 is 1.42 bits per heavy atom. The number of hydrogen-bond acceptors (Lipinski definition) is 2. The first-order chi connectivity index (χ1) is 8.91.